The minimum absolute atomic E-state index is 0.0183. The number of nitro groups is 1. The molecule has 1 aliphatic heterocycles. The van der Waals surface area contributed by atoms with Crippen LogP contribution < -0.4 is 10.2 Å². The molecule has 0 atom stereocenters. The summed E-state index contributed by atoms with van der Waals surface area (Å²) in [6.45, 7) is 0. The summed E-state index contributed by atoms with van der Waals surface area (Å²) in [5, 5.41) is 13.8. The molecule has 8 heteroatoms. The van der Waals surface area contributed by atoms with Gasteiger partial charge in [0.2, 0.25) is 0 Å². The van der Waals surface area contributed by atoms with Crippen molar-refractivity contribution >= 4 is 34.8 Å². The fourth-order valence-electron chi connectivity index (χ4n) is 3.14. The first-order valence-corrected chi connectivity index (χ1v) is 8.60. The van der Waals surface area contributed by atoms with E-state index in [1.54, 1.807) is 42.5 Å². The Balaban J connectivity index is 1.80. The summed E-state index contributed by atoms with van der Waals surface area (Å²) in [5.74, 6) is -1.85. The second kappa shape index (κ2) is 7.01. The van der Waals surface area contributed by atoms with Gasteiger partial charge in [0.25, 0.3) is 23.4 Å². The lowest BCUT2D eigenvalue weighted by molar-refractivity contribution is -0.384. The van der Waals surface area contributed by atoms with Gasteiger partial charge in [-0.2, -0.15) is 0 Å². The van der Waals surface area contributed by atoms with Crippen molar-refractivity contribution in [2.24, 2.45) is 0 Å². The number of non-ortho nitro benzene ring substituents is 1. The van der Waals surface area contributed by atoms with Crippen molar-refractivity contribution in [1.29, 1.82) is 0 Å². The predicted octanol–water partition coefficient (Wildman–Crippen LogP) is 3.65. The zero-order chi connectivity index (χ0) is 20.5. The third-order valence-electron chi connectivity index (χ3n) is 4.50. The SMILES string of the molecule is O=C(Nc1ccccc1)c1cc([N+](=O)[O-])ccc1N1C(=O)c2ccccc2C1=O. The molecule has 3 aromatic rings. The Labute approximate surface area is 164 Å². The minimum atomic E-state index is -0.675. The van der Waals surface area contributed by atoms with E-state index in [0.717, 1.165) is 17.0 Å². The topological polar surface area (TPSA) is 110 Å². The maximum absolute atomic E-state index is 12.9. The Morgan fingerprint density at radius 2 is 1.45 bits per heavy atom. The first kappa shape index (κ1) is 18.1. The maximum Gasteiger partial charge on any atom is 0.270 e. The molecule has 0 aliphatic carbocycles. The van der Waals surface area contributed by atoms with Gasteiger partial charge in [0, 0.05) is 17.8 Å². The number of carbonyl (C=O) groups excluding carboxylic acids is 3. The van der Waals surface area contributed by atoms with Gasteiger partial charge in [0.1, 0.15) is 0 Å². The lowest BCUT2D eigenvalue weighted by atomic mass is 10.1. The summed E-state index contributed by atoms with van der Waals surface area (Å²) >= 11 is 0. The van der Waals surface area contributed by atoms with Crippen molar-refractivity contribution in [3.63, 3.8) is 0 Å². The molecule has 0 unspecified atom stereocenters. The monoisotopic (exact) mass is 387 g/mol. The summed E-state index contributed by atoms with van der Waals surface area (Å²) in [6, 6.07) is 18.2. The molecule has 1 heterocycles. The van der Waals surface area contributed by atoms with Gasteiger partial charge in [-0.05, 0) is 30.3 Å². The van der Waals surface area contributed by atoms with Crippen molar-refractivity contribution in [1.82, 2.24) is 0 Å². The van der Waals surface area contributed by atoms with Gasteiger partial charge < -0.3 is 5.32 Å². The van der Waals surface area contributed by atoms with E-state index in [-0.39, 0.29) is 28.1 Å². The van der Waals surface area contributed by atoms with Crippen LogP contribution in [-0.4, -0.2) is 22.6 Å². The standard InChI is InChI=1S/C21H13N3O5/c25-19(22-13-6-2-1-3-7-13)17-12-14(24(28)29)10-11-18(17)23-20(26)15-8-4-5-9-16(15)21(23)27/h1-12H,(H,22,25). The number of rotatable bonds is 4. The van der Waals surface area contributed by atoms with Crippen LogP contribution in [0.3, 0.4) is 0 Å². The summed E-state index contributed by atoms with van der Waals surface area (Å²) in [6.07, 6.45) is 0. The molecule has 1 N–H and O–H groups in total. The number of imide groups is 1. The highest BCUT2D eigenvalue weighted by Gasteiger charge is 2.38. The van der Waals surface area contributed by atoms with Crippen LogP contribution in [0.2, 0.25) is 0 Å². The number of nitro benzene ring substituents is 1. The summed E-state index contributed by atoms with van der Waals surface area (Å²) in [7, 11) is 0. The van der Waals surface area contributed by atoms with Gasteiger partial charge >= 0.3 is 0 Å². The van der Waals surface area contributed by atoms with Crippen molar-refractivity contribution in [2.75, 3.05) is 10.2 Å². The van der Waals surface area contributed by atoms with Gasteiger partial charge in [-0.15, -0.1) is 0 Å². The zero-order valence-electron chi connectivity index (χ0n) is 14.9. The van der Waals surface area contributed by atoms with Crippen LogP contribution in [0.25, 0.3) is 0 Å². The number of carbonyl (C=O) groups is 3. The smallest absolute Gasteiger partial charge is 0.270 e. The maximum atomic E-state index is 12.9. The van der Waals surface area contributed by atoms with Crippen molar-refractivity contribution in [3.05, 3.63) is 99.6 Å². The fourth-order valence-corrected chi connectivity index (χ4v) is 3.14. The van der Waals surface area contributed by atoms with Crippen LogP contribution >= 0.6 is 0 Å². The summed E-state index contributed by atoms with van der Waals surface area (Å²) in [5.41, 5.74) is 0.393. The van der Waals surface area contributed by atoms with E-state index in [1.807, 2.05) is 0 Å². The molecule has 0 bridgehead atoms. The molecule has 1 aliphatic rings. The number of hydrogen-bond donors (Lipinski definition) is 1. The average molecular weight is 387 g/mol. The fraction of sp³-hybridized carbons (Fsp3) is 0. The van der Waals surface area contributed by atoms with Crippen molar-refractivity contribution in [3.8, 4) is 0 Å². The van der Waals surface area contributed by atoms with Gasteiger partial charge in [0.15, 0.2) is 0 Å². The molecule has 0 saturated heterocycles. The predicted molar refractivity (Wildman–Crippen MR) is 105 cm³/mol. The highest BCUT2D eigenvalue weighted by molar-refractivity contribution is 6.35. The van der Waals surface area contributed by atoms with E-state index in [0.29, 0.717) is 5.69 Å². The second-order valence-corrected chi connectivity index (χ2v) is 6.27. The van der Waals surface area contributed by atoms with Crippen LogP contribution in [-0.2, 0) is 0 Å². The Hall–Kier alpha value is -4.33. The highest BCUT2D eigenvalue weighted by atomic mass is 16.6. The first-order valence-electron chi connectivity index (χ1n) is 8.60. The van der Waals surface area contributed by atoms with Crippen molar-refractivity contribution < 1.29 is 19.3 Å². The Morgan fingerprint density at radius 1 is 0.862 bits per heavy atom. The minimum Gasteiger partial charge on any atom is -0.322 e. The number of anilines is 2. The Bertz CT molecular complexity index is 1140. The molecular weight excluding hydrogens is 374 g/mol. The number of amides is 3. The van der Waals surface area contributed by atoms with Crippen molar-refractivity contribution in [2.45, 2.75) is 0 Å². The Morgan fingerprint density at radius 3 is 2.03 bits per heavy atom. The zero-order valence-corrected chi connectivity index (χ0v) is 14.9. The van der Waals surface area contributed by atoms with Gasteiger partial charge in [-0.25, -0.2) is 4.90 Å². The van der Waals surface area contributed by atoms with Crippen LogP contribution in [0.1, 0.15) is 31.1 Å². The number of para-hydroxylation sites is 1. The average Bonchev–Trinajstić information content (AvgIpc) is 2.99. The Kier molecular flexibility index (Phi) is 4.36. The molecule has 3 amide bonds. The molecule has 4 rings (SSSR count). The van der Waals surface area contributed by atoms with E-state index in [4.69, 9.17) is 0 Å². The molecule has 29 heavy (non-hydrogen) atoms. The van der Waals surface area contributed by atoms with E-state index < -0.39 is 22.6 Å². The summed E-state index contributed by atoms with van der Waals surface area (Å²) < 4.78 is 0. The van der Waals surface area contributed by atoms with Gasteiger partial charge in [-0.1, -0.05) is 30.3 Å². The number of benzene rings is 3. The van der Waals surface area contributed by atoms with E-state index in [2.05, 4.69) is 5.32 Å². The normalized spacial score (nSPS) is 12.6. The molecule has 0 saturated carbocycles. The first-order chi connectivity index (χ1) is 14.0. The molecule has 8 nitrogen and oxygen atoms in total. The molecule has 0 aromatic heterocycles. The third kappa shape index (κ3) is 3.12. The van der Waals surface area contributed by atoms with Crippen LogP contribution in [0.5, 0.6) is 0 Å². The number of hydrogen-bond acceptors (Lipinski definition) is 5. The molecule has 142 valence electrons. The lowest BCUT2D eigenvalue weighted by Crippen LogP contribution is -2.31. The lowest BCUT2D eigenvalue weighted by Gasteiger charge is -2.18. The van der Waals surface area contributed by atoms with E-state index in [1.165, 1.54) is 18.2 Å². The molecule has 3 aromatic carbocycles. The van der Waals surface area contributed by atoms with Crippen LogP contribution in [0, 0.1) is 10.1 Å². The molecular formula is C21H13N3O5. The number of fused-ring (bicyclic) bond motifs is 1. The number of nitrogens with one attached hydrogen (secondary N) is 1. The van der Waals surface area contributed by atoms with E-state index >= 15 is 0 Å². The molecule has 0 radical (unpaired) electrons. The molecule has 0 spiro atoms. The third-order valence-corrected chi connectivity index (χ3v) is 4.50. The second-order valence-electron chi connectivity index (χ2n) is 6.27. The van der Waals surface area contributed by atoms with Crippen LogP contribution in [0.4, 0.5) is 17.1 Å². The molecule has 0 fully saturated rings. The quantitative estimate of drug-likeness (QED) is 0.417. The van der Waals surface area contributed by atoms with E-state index in [9.17, 15) is 24.5 Å². The van der Waals surface area contributed by atoms with Gasteiger partial charge in [0.05, 0.1) is 27.3 Å². The van der Waals surface area contributed by atoms with Crippen LogP contribution in [0.15, 0.2) is 72.8 Å². The largest absolute Gasteiger partial charge is 0.322 e. The van der Waals surface area contributed by atoms with Gasteiger partial charge in [-0.3, -0.25) is 24.5 Å². The summed E-state index contributed by atoms with van der Waals surface area (Å²) in [4.78, 5) is 49.9. The highest BCUT2D eigenvalue weighted by Crippen LogP contribution is 2.33. The number of nitrogens with zero attached hydrogens (tertiary/aromatic N) is 2.